The van der Waals surface area contributed by atoms with Crippen LogP contribution in [-0.2, 0) is 27.9 Å². The van der Waals surface area contributed by atoms with Crippen molar-refractivity contribution in [3.8, 4) is 0 Å². The van der Waals surface area contributed by atoms with Crippen LogP contribution in [0, 0.1) is 17.8 Å². The zero-order chi connectivity index (χ0) is 17.2. The zero-order valence-corrected chi connectivity index (χ0v) is 14.9. The van der Waals surface area contributed by atoms with Gasteiger partial charge in [-0.05, 0) is 18.8 Å². The van der Waals surface area contributed by atoms with E-state index in [1.54, 1.807) is 0 Å². The second-order valence-corrected chi connectivity index (χ2v) is 7.66. The Balaban J connectivity index is 1.28. The van der Waals surface area contributed by atoms with Crippen LogP contribution in [0.4, 0.5) is 0 Å². The lowest BCUT2D eigenvalue weighted by molar-refractivity contribution is -0.126. The van der Waals surface area contributed by atoms with Gasteiger partial charge in [0.15, 0.2) is 0 Å². The average molecular weight is 348 g/mol. The molecule has 3 atom stereocenters. The molecule has 3 aliphatic rings. The summed E-state index contributed by atoms with van der Waals surface area (Å²) in [6.45, 7) is 5.69. The van der Waals surface area contributed by atoms with Crippen molar-refractivity contribution >= 4 is 5.91 Å². The van der Waals surface area contributed by atoms with Gasteiger partial charge in [-0.2, -0.15) is 5.10 Å². The molecular formula is C18H28N4O3. The molecule has 138 valence electrons. The number of aryl methyl sites for hydroxylation is 1. The molecule has 1 N–H and O–H groups in total. The molecule has 4 rings (SSSR count). The summed E-state index contributed by atoms with van der Waals surface area (Å²) < 4.78 is 13.1. The highest BCUT2D eigenvalue weighted by atomic mass is 16.5. The Morgan fingerprint density at radius 2 is 2.20 bits per heavy atom. The molecule has 1 aromatic heterocycles. The van der Waals surface area contributed by atoms with E-state index in [1.165, 1.54) is 5.56 Å². The van der Waals surface area contributed by atoms with Gasteiger partial charge < -0.3 is 14.8 Å². The normalized spacial score (nSPS) is 30.5. The standard InChI is InChI=1S/C18H28N4O3/c1-21-8-14(7-20-21)9-22-10-15-16(12-25-17(15)11-22)18(23)19-6-13-2-4-24-5-3-13/h7-8,13,15-17H,2-6,9-12H2,1H3,(H,19,23)/t15-,16+,17-/m0/s1. The van der Waals surface area contributed by atoms with Crippen molar-refractivity contribution in [3.63, 3.8) is 0 Å². The predicted molar refractivity (Wildman–Crippen MR) is 91.8 cm³/mol. The lowest BCUT2D eigenvalue weighted by Gasteiger charge is -2.24. The maximum absolute atomic E-state index is 12.6. The summed E-state index contributed by atoms with van der Waals surface area (Å²) in [4.78, 5) is 15.0. The number of rotatable bonds is 5. The first kappa shape index (κ1) is 17.0. The fourth-order valence-electron chi connectivity index (χ4n) is 4.33. The number of hydrogen-bond acceptors (Lipinski definition) is 5. The maximum atomic E-state index is 12.6. The minimum atomic E-state index is -0.0104. The van der Waals surface area contributed by atoms with Gasteiger partial charge in [0, 0.05) is 64.1 Å². The number of likely N-dealkylation sites (tertiary alicyclic amines) is 1. The molecule has 0 aliphatic carbocycles. The monoisotopic (exact) mass is 348 g/mol. The van der Waals surface area contributed by atoms with E-state index in [2.05, 4.69) is 15.3 Å². The summed E-state index contributed by atoms with van der Waals surface area (Å²) in [5.41, 5.74) is 1.21. The van der Waals surface area contributed by atoms with E-state index >= 15 is 0 Å². The highest BCUT2D eigenvalue weighted by Crippen LogP contribution is 2.34. The SMILES string of the molecule is Cn1cc(CN2C[C@@H]3[C@H](C2)OC[C@H]3C(=O)NCC2CCOCC2)cn1. The van der Waals surface area contributed by atoms with Crippen molar-refractivity contribution in [3.05, 3.63) is 18.0 Å². The van der Waals surface area contributed by atoms with Gasteiger partial charge >= 0.3 is 0 Å². The minimum Gasteiger partial charge on any atom is -0.381 e. The summed E-state index contributed by atoms with van der Waals surface area (Å²) in [5.74, 6) is 1.03. The van der Waals surface area contributed by atoms with E-state index in [-0.39, 0.29) is 17.9 Å². The van der Waals surface area contributed by atoms with E-state index in [0.29, 0.717) is 18.4 Å². The van der Waals surface area contributed by atoms with Gasteiger partial charge in [0.25, 0.3) is 0 Å². The number of hydrogen-bond donors (Lipinski definition) is 1. The molecule has 0 bridgehead atoms. The summed E-state index contributed by atoms with van der Waals surface area (Å²) >= 11 is 0. The first-order chi connectivity index (χ1) is 12.2. The molecule has 4 heterocycles. The van der Waals surface area contributed by atoms with E-state index in [4.69, 9.17) is 9.47 Å². The fraction of sp³-hybridized carbons (Fsp3) is 0.778. The summed E-state index contributed by atoms with van der Waals surface area (Å²) in [6.07, 6.45) is 6.24. The number of amides is 1. The van der Waals surface area contributed by atoms with Gasteiger partial charge in [-0.15, -0.1) is 0 Å². The highest BCUT2D eigenvalue weighted by Gasteiger charge is 2.46. The zero-order valence-electron chi connectivity index (χ0n) is 14.9. The van der Waals surface area contributed by atoms with E-state index in [0.717, 1.165) is 52.2 Å². The lowest BCUT2D eigenvalue weighted by atomic mass is 9.92. The van der Waals surface area contributed by atoms with Crippen LogP contribution in [0.15, 0.2) is 12.4 Å². The summed E-state index contributed by atoms with van der Waals surface area (Å²) in [7, 11) is 1.93. The number of fused-ring (bicyclic) bond motifs is 1. The van der Waals surface area contributed by atoms with Crippen molar-refractivity contribution in [1.29, 1.82) is 0 Å². The Labute approximate surface area is 148 Å². The molecule has 0 aromatic carbocycles. The quantitative estimate of drug-likeness (QED) is 0.835. The predicted octanol–water partition coefficient (Wildman–Crippen LogP) is 0.410. The number of carbonyl (C=O) groups excluding carboxylic acids is 1. The van der Waals surface area contributed by atoms with Gasteiger partial charge in [0.05, 0.1) is 24.8 Å². The number of carbonyl (C=O) groups is 1. The van der Waals surface area contributed by atoms with Gasteiger partial charge in [-0.1, -0.05) is 0 Å². The molecular weight excluding hydrogens is 320 g/mol. The third-order valence-electron chi connectivity index (χ3n) is 5.80. The Hall–Kier alpha value is -1.44. The molecule has 0 saturated carbocycles. The van der Waals surface area contributed by atoms with Crippen LogP contribution in [0.3, 0.4) is 0 Å². The van der Waals surface area contributed by atoms with Crippen molar-refractivity contribution in [1.82, 2.24) is 20.0 Å². The molecule has 3 saturated heterocycles. The van der Waals surface area contributed by atoms with Crippen LogP contribution >= 0.6 is 0 Å². The van der Waals surface area contributed by atoms with Crippen molar-refractivity contribution in [2.24, 2.45) is 24.8 Å². The van der Waals surface area contributed by atoms with E-state index in [1.807, 2.05) is 24.1 Å². The smallest absolute Gasteiger partial charge is 0.225 e. The number of aromatic nitrogens is 2. The van der Waals surface area contributed by atoms with Crippen LogP contribution in [0.1, 0.15) is 18.4 Å². The highest BCUT2D eigenvalue weighted by molar-refractivity contribution is 5.79. The lowest BCUT2D eigenvalue weighted by Crippen LogP contribution is -2.39. The van der Waals surface area contributed by atoms with E-state index in [9.17, 15) is 4.79 Å². The number of nitrogens with one attached hydrogen (secondary N) is 1. The van der Waals surface area contributed by atoms with Crippen molar-refractivity contribution in [2.45, 2.75) is 25.5 Å². The van der Waals surface area contributed by atoms with Gasteiger partial charge in [0.1, 0.15) is 0 Å². The first-order valence-electron chi connectivity index (χ1n) is 9.36. The Morgan fingerprint density at radius 1 is 1.36 bits per heavy atom. The molecule has 0 spiro atoms. The first-order valence-corrected chi connectivity index (χ1v) is 9.36. The molecule has 0 unspecified atom stereocenters. The Bertz CT molecular complexity index is 599. The molecule has 0 radical (unpaired) electrons. The van der Waals surface area contributed by atoms with Crippen molar-refractivity contribution < 1.29 is 14.3 Å². The van der Waals surface area contributed by atoms with Crippen LogP contribution < -0.4 is 5.32 Å². The Kier molecular flexibility index (Phi) is 5.05. The van der Waals surface area contributed by atoms with Crippen LogP contribution in [-0.4, -0.2) is 66.1 Å². The fourth-order valence-corrected chi connectivity index (χ4v) is 4.33. The van der Waals surface area contributed by atoms with Gasteiger partial charge in [-0.25, -0.2) is 0 Å². The second-order valence-electron chi connectivity index (χ2n) is 7.66. The van der Waals surface area contributed by atoms with Gasteiger partial charge in [0.2, 0.25) is 5.91 Å². The molecule has 3 fully saturated rings. The third-order valence-corrected chi connectivity index (χ3v) is 5.80. The molecule has 7 heteroatoms. The third kappa shape index (κ3) is 3.88. The maximum Gasteiger partial charge on any atom is 0.225 e. The number of ether oxygens (including phenoxy) is 2. The molecule has 1 amide bonds. The molecule has 3 aliphatic heterocycles. The molecule has 7 nitrogen and oxygen atoms in total. The summed E-state index contributed by atoms with van der Waals surface area (Å²) in [5, 5.41) is 7.40. The molecule has 25 heavy (non-hydrogen) atoms. The van der Waals surface area contributed by atoms with Crippen LogP contribution in [0.2, 0.25) is 0 Å². The van der Waals surface area contributed by atoms with Crippen molar-refractivity contribution in [2.75, 3.05) is 39.5 Å². The molecule has 1 aromatic rings. The largest absolute Gasteiger partial charge is 0.381 e. The minimum absolute atomic E-state index is 0.0104. The van der Waals surface area contributed by atoms with E-state index < -0.39 is 0 Å². The average Bonchev–Trinajstić information content (AvgIpc) is 3.30. The topological polar surface area (TPSA) is 68.6 Å². The number of nitrogens with zero attached hydrogens (tertiary/aromatic N) is 3. The van der Waals surface area contributed by atoms with Crippen LogP contribution in [0.5, 0.6) is 0 Å². The second kappa shape index (κ2) is 7.43. The van der Waals surface area contributed by atoms with Crippen LogP contribution in [0.25, 0.3) is 0 Å². The summed E-state index contributed by atoms with van der Waals surface area (Å²) in [6, 6.07) is 0. The Morgan fingerprint density at radius 3 is 2.96 bits per heavy atom. The van der Waals surface area contributed by atoms with Gasteiger partial charge in [-0.3, -0.25) is 14.4 Å².